The number of rotatable bonds is 6. The second kappa shape index (κ2) is 8.21. The third-order valence-electron chi connectivity index (χ3n) is 4.78. The van der Waals surface area contributed by atoms with Crippen LogP contribution in [-0.4, -0.2) is 33.9 Å². The Bertz CT molecular complexity index is 1240. The molecule has 0 unspecified atom stereocenters. The van der Waals surface area contributed by atoms with E-state index in [1.165, 1.54) is 0 Å². The minimum absolute atomic E-state index is 0.192. The quantitative estimate of drug-likeness (QED) is 0.341. The smallest absolute Gasteiger partial charge is 0.337 e. The number of aromatic amines is 1. The summed E-state index contributed by atoms with van der Waals surface area (Å²) < 4.78 is 0. The number of nitrogens with zero attached hydrogens (tertiary/aromatic N) is 2. The number of carboxylic acid groups (broad SMARTS) is 1. The highest BCUT2D eigenvalue weighted by Gasteiger charge is 2.14. The average molecular weight is 399 g/mol. The number of H-pyrrole nitrogens is 1. The van der Waals surface area contributed by atoms with E-state index in [0.29, 0.717) is 23.5 Å². The maximum Gasteiger partial charge on any atom is 0.337 e. The van der Waals surface area contributed by atoms with Crippen molar-refractivity contribution in [2.24, 2.45) is 5.16 Å². The summed E-state index contributed by atoms with van der Waals surface area (Å²) in [6.45, 7) is 4.23. The van der Waals surface area contributed by atoms with Crippen molar-refractivity contribution in [3.8, 4) is 22.3 Å². The van der Waals surface area contributed by atoms with Crippen LogP contribution in [0.15, 0.2) is 65.8 Å². The second-order valence-corrected chi connectivity index (χ2v) is 6.90. The fourth-order valence-corrected chi connectivity index (χ4v) is 3.40. The van der Waals surface area contributed by atoms with Crippen LogP contribution < -0.4 is 0 Å². The maximum absolute atomic E-state index is 11.7. The first-order valence-corrected chi connectivity index (χ1v) is 9.65. The molecule has 0 spiro atoms. The molecule has 0 aliphatic heterocycles. The van der Waals surface area contributed by atoms with E-state index in [4.69, 9.17) is 4.84 Å². The number of aryl methyl sites for hydroxylation is 1. The van der Waals surface area contributed by atoms with E-state index < -0.39 is 5.97 Å². The zero-order valence-electron chi connectivity index (χ0n) is 16.7. The van der Waals surface area contributed by atoms with Crippen LogP contribution in [-0.2, 0) is 4.84 Å². The molecule has 0 fully saturated rings. The van der Waals surface area contributed by atoms with Gasteiger partial charge < -0.3 is 14.9 Å². The highest BCUT2D eigenvalue weighted by Crippen LogP contribution is 2.29. The Morgan fingerprint density at radius 1 is 1.07 bits per heavy atom. The number of aromatic nitrogens is 2. The standard InChI is InChI=1S/C24H21N3O3/c1-3-30-25-14-16-5-4-6-19(11-16)17-7-9-18(10-8-17)20-12-21(24(28)29)23-22(13-20)26-15(2)27-23/h4-14H,3H2,1-2H3,(H,26,27)(H,28,29)/b25-14+. The van der Waals surface area contributed by atoms with Gasteiger partial charge in [0, 0.05) is 0 Å². The molecule has 2 N–H and O–H groups in total. The summed E-state index contributed by atoms with van der Waals surface area (Å²) in [5.74, 6) is -0.303. The molecule has 150 valence electrons. The second-order valence-electron chi connectivity index (χ2n) is 6.90. The van der Waals surface area contributed by atoms with E-state index in [-0.39, 0.29) is 5.56 Å². The number of nitrogens with one attached hydrogen (secondary N) is 1. The van der Waals surface area contributed by atoms with Crippen molar-refractivity contribution in [1.29, 1.82) is 0 Å². The van der Waals surface area contributed by atoms with Crippen LogP contribution in [0.4, 0.5) is 0 Å². The highest BCUT2D eigenvalue weighted by molar-refractivity contribution is 6.03. The van der Waals surface area contributed by atoms with Crippen LogP contribution in [0, 0.1) is 6.92 Å². The van der Waals surface area contributed by atoms with Gasteiger partial charge in [0.25, 0.3) is 0 Å². The van der Waals surface area contributed by atoms with Gasteiger partial charge in [0.05, 0.1) is 17.3 Å². The van der Waals surface area contributed by atoms with E-state index in [9.17, 15) is 9.90 Å². The number of carboxylic acids is 1. The number of imidazole rings is 1. The number of fused-ring (bicyclic) bond motifs is 1. The molecule has 0 aliphatic rings. The average Bonchev–Trinajstić information content (AvgIpc) is 3.13. The predicted octanol–water partition coefficient (Wildman–Crippen LogP) is 5.27. The molecule has 0 atom stereocenters. The van der Waals surface area contributed by atoms with E-state index in [1.807, 2.05) is 68.4 Å². The number of oxime groups is 1. The van der Waals surface area contributed by atoms with Gasteiger partial charge in [-0.05, 0) is 59.9 Å². The normalized spacial score (nSPS) is 11.3. The SMILES string of the molecule is CCO/N=C/c1cccc(-c2ccc(-c3cc(C(=O)O)c4nc(C)[nH]c4c3)cc2)c1. The minimum atomic E-state index is -0.990. The topological polar surface area (TPSA) is 87.6 Å². The summed E-state index contributed by atoms with van der Waals surface area (Å²) in [5, 5.41) is 13.5. The van der Waals surface area contributed by atoms with Crippen molar-refractivity contribution >= 4 is 23.2 Å². The minimum Gasteiger partial charge on any atom is -0.478 e. The zero-order chi connectivity index (χ0) is 21.1. The third-order valence-corrected chi connectivity index (χ3v) is 4.78. The molecule has 30 heavy (non-hydrogen) atoms. The fourth-order valence-electron chi connectivity index (χ4n) is 3.40. The van der Waals surface area contributed by atoms with Crippen LogP contribution in [0.1, 0.15) is 28.7 Å². The molecule has 0 aliphatic carbocycles. The van der Waals surface area contributed by atoms with Gasteiger partial charge in [-0.3, -0.25) is 0 Å². The molecule has 6 nitrogen and oxygen atoms in total. The Hall–Kier alpha value is -3.93. The highest BCUT2D eigenvalue weighted by atomic mass is 16.6. The Kier molecular flexibility index (Phi) is 5.30. The molecule has 0 amide bonds. The monoisotopic (exact) mass is 399 g/mol. The molecule has 0 radical (unpaired) electrons. The first kappa shape index (κ1) is 19.4. The van der Waals surface area contributed by atoms with Crippen molar-refractivity contribution < 1.29 is 14.7 Å². The number of hydrogen-bond donors (Lipinski definition) is 2. The van der Waals surface area contributed by atoms with Crippen LogP contribution >= 0.6 is 0 Å². The lowest BCUT2D eigenvalue weighted by molar-refractivity contribution is 0.0699. The largest absolute Gasteiger partial charge is 0.478 e. The van der Waals surface area contributed by atoms with Gasteiger partial charge in [0.2, 0.25) is 0 Å². The summed E-state index contributed by atoms with van der Waals surface area (Å²) in [7, 11) is 0. The van der Waals surface area contributed by atoms with Gasteiger partial charge in [-0.15, -0.1) is 0 Å². The van der Waals surface area contributed by atoms with Gasteiger partial charge in [-0.1, -0.05) is 47.6 Å². The van der Waals surface area contributed by atoms with Crippen molar-refractivity contribution in [1.82, 2.24) is 9.97 Å². The van der Waals surface area contributed by atoms with E-state index in [1.54, 1.807) is 12.3 Å². The summed E-state index contributed by atoms with van der Waals surface area (Å²) in [4.78, 5) is 24.2. The summed E-state index contributed by atoms with van der Waals surface area (Å²) in [6, 6.07) is 19.7. The van der Waals surface area contributed by atoms with Crippen LogP contribution in [0.2, 0.25) is 0 Å². The van der Waals surface area contributed by atoms with E-state index in [0.717, 1.165) is 27.8 Å². The maximum atomic E-state index is 11.7. The number of carbonyl (C=O) groups is 1. The molecule has 4 aromatic rings. The molecular formula is C24H21N3O3. The van der Waals surface area contributed by atoms with E-state index >= 15 is 0 Å². The Morgan fingerprint density at radius 2 is 1.80 bits per heavy atom. The summed E-state index contributed by atoms with van der Waals surface area (Å²) in [6.07, 6.45) is 1.69. The Labute approximate surface area is 173 Å². The molecular weight excluding hydrogens is 378 g/mol. The van der Waals surface area contributed by atoms with Crippen LogP contribution in [0.5, 0.6) is 0 Å². The lowest BCUT2D eigenvalue weighted by atomic mass is 9.98. The third kappa shape index (κ3) is 3.93. The van der Waals surface area contributed by atoms with Gasteiger partial charge in [-0.25, -0.2) is 9.78 Å². The van der Waals surface area contributed by atoms with Crippen molar-refractivity contribution in [2.45, 2.75) is 13.8 Å². The summed E-state index contributed by atoms with van der Waals surface area (Å²) >= 11 is 0. The first-order valence-electron chi connectivity index (χ1n) is 9.65. The van der Waals surface area contributed by atoms with Gasteiger partial charge >= 0.3 is 5.97 Å². The lowest BCUT2D eigenvalue weighted by Gasteiger charge is -2.07. The van der Waals surface area contributed by atoms with Gasteiger partial charge in [0.1, 0.15) is 17.9 Å². The number of hydrogen-bond acceptors (Lipinski definition) is 4. The Balaban J connectivity index is 1.67. The molecule has 1 aromatic heterocycles. The summed E-state index contributed by atoms with van der Waals surface area (Å²) in [5.41, 5.74) is 6.22. The first-order chi connectivity index (χ1) is 14.5. The van der Waals surface area contributed by atoms with Crippen LogP contribution in [0.25, 0.3) is 33.3 Å². The van der Waals surface area contributed by atoms with Crippen molar-refractivity contribution in [2.75, 3.05) is 6.61 Å². The van der Waals surface area contributed by atoms with Gasteiger partial charge in [0.15, 0.2) is 0 Å². The molecule has 0 bridgehead atoms. The lowest BCUT2D eigenvalue weighted by Crippen LogP contribution is -1.98. The molecule has 0 saturated carbocycles. The molecule has 3 aromatic carbocycles. The fraction of sp³-hybridized carbons (Fsp3) is 0.125. The number of benzene rings is 3. The zero-order valence-corrected chi connectivity index (χ0v) is 16.7. The van der Waals surface area contributed by atoms with Crippen molar-refractivity contribution in [3.63, 3.8) is 0 Å². The molecule has 4 rings (SSSR count). The van der Waals surface area contributed by atoms with Crippen molar-refractivity contribution in [3.05, 3.63) is 77.6 Å². The predicted molar refractivity (Wildman–Crippen MR) is 118 cm³/mol. The number of aromatic carboxylic acids is 1. The Morgan fingerprint density at radius 3 is 2.50 bits per heavy atom. The van der Waals surface area contributed by atoms with Crippen LogP contribution in [0.3, 0.4) is 0 Å². The van der Waals surface area contributed by atoms with Gasteiger partial charge in [-0.2, -0.15) is 0 Å². The van der Waals surface area contributed by atoms with E-state index in [2.05, 4.69) is 15.1 Å². The molecule has 1 heterocycles. The molecule has 6 heteroatoms. The molecule has 0 saturated heterocycles.